The molecule has 2 aromatic carbocycles. The van der Waals surface area contributed by atoms with Gasteiger partial charge in [0, 0.05) is 6.54 Å². The number of amides is 2. The monoisotopic (exact) mass is 422 g/mol. The highest BCUT2D eigenvalue weighted by molar-refractivity contribution is 8.00. The minimum absolute atomic E-state index is 0.0323. The van der Waals surface area contributed by atoms with E-state index in [0.29, 0.717) is 11.6 Å². The van der Waals surface area contributed by atoms with Crippen LogP contribution in [0.5, 0.6) is 0 Å². The number of rotatable bonds is 6. The van der Waals surface area contributed by atoms with E-state index in [0.717, 1.165) is 34.8 Å². The summed E-state index contributed by atoms with van der Waals surface area (Å²) in [6, 6.07) is 15.5. The van der Waals surface area contributed by atoms with Gasteiger partial charge >= 0.3 is 0 Å². The van der Waals surface area contributed by atoms with E-state index in [4.69, 9.17) is 4.98 Å². The molecule has 1 N–H and O–H groups in total. The largest absolute Gasteiger partial charge is 0.323 e. The Morgan fingerprint density at radius 1 is 1.13 bits per heavy atom. The summed E-state index contributed by atoms with van der Waals surface area (Å²) in [6.45, 7) is 7.18. The van der Waals surface area contributed by atoms with Crippen molar-refractivity contribution in [2.75, 3.05) is 16.8 Å². The van der Waals surface area contributed by atoms with Crippen molar-refractivity contribution in [3.63, 3.8) is 0 Å². The molecule has 1 aliphatic heterocycles. The number of hydrogen-bond acceptors (Lipinski definition) is 4. The molecule has 0 bridgehead atoms. The molecule has 0 spiro atoms. The molecule has 1 atom stereocenters. The summed E-state index contributed by atoms with van der Waals surface area (Å²) in [7, 11) is 0. The van der Waals surface area contributed by atoms with E-state index < -0.39 is 0 Å². The van der Waals surface area contributed by atoms with Crippen LogP contribution in [0.4, 0.5) is 11.4 Å². The van der Waals surface area contributed by atoms with Crippen LogP contribution in [-0.4, -0.2) is 33.2 Å². The van der Waals surface area contributed by atoms with Crippen molar-refractivity contribution in [1.82, 2.24) is 9.55 Å². The quantitative estimate of drug-likeness (QED) is 0.592. The number of anilines is 2. The number of carbonyl (C=O) groups excluding carboxylic acids is 2. The Balaban J connectivity index is 1.60. The summed E-state index contributed by atoms with van der Waals surface area (Å²) in [5.41, 5.74) is 3.43. The van der Waals surface area contributed by atoms with Gasteiger partial charge in [-0.15, -0.1) is 0 Å². The van der Waals surface area contributed by atoms with Gasteiger partial charge in [-0.05, 0) is 43.5 Å². The van der Waals surface area contributed by atoms with Crippen LogP contribution < -0.4 is 10.2 Å². The fourth-order valence-corrected chi connectivity index (χ4v) is 4.62. The van der Waals surface area contributed by atoms with Crippen molar-refractivity contribution in [2.24, 2.45) is 5.92 Å². The van der Waals surface area contributed by atoms with Gasteiger partial charge in [0.1, 0.15) is 6.54 Å². The molecule has 6 nitrogen and oxygen atoms in total. The topological polar surface area (TPSA) is 67.2 Å². The van der Waals surface area contributed by atoms with Gasteiger partial charge in [-0.2, -0.15) is 0 Å². The Bertz CT molecular complexity index is 1090. The maximum Gasteiger partial charge on any atom is 0.244 e. The third-order valence-electron chi connectivity index (χ3n) is 5.22. The Morgan fingerprint density at radius 2 is 1.87 bits per heavy atom. The van der Waals surface area contributed by atoms with Crippen LogP contribution >= 0.6 is 11.8 Å². The van der Waals surface area contributed by atoms with E-state index in [1.165, 1.54) is 11.8 Å². The second-order valence-electron chi connectivity index (χ2n) is 7.97. The molecule has 2 amide bonds. The summed E-state index contributed by atoms with van der Waals surface area (Å²) >= 11 is 1.45. The van der Waals surface area contributed by atoms with Crippen LogP contribution in [0, 0.1) is 5.92 Å². The zero-order chi connectivity index (χ0) is 21.3. The first-order chi connectivity index (χ1) is 14.4. The van der Waals surface area contributed by atoms with Gasteiger partial charge in [-0.3, -0.25) is 14.5 Å². The zero-order valence-corrected chi connectivity index (χ0v) is 18.3. The Kier molecular flexibility index (Phi) is 5.81. The van der Waals surface area contributed by atoms with Crippen LogP contribution in [0.15, 0.2) is 53.7 Å². The van der Waals surface area contributed by atoms with Gasteiger partial charge in [0.2, 0.25) is 11.8 Å². The Morgan fingerprint density at radius 3 is 2.67 bits per heavy atom. The second-order valence-corrected chi connectivity index (χ2v) is 9.27. The summed E-state index contributed by atoms with van der Waals surface area (Å²) < 4.78 is 2.21. The van der Waals surface area contributed by atoms with Crippen molar-refractivity contribution < 1.29 is 9.59 Å². The molecule has 1 aliphatic rings. The molecule has 0 unspecified atom stereocenters. The molecule has 0 aliphatic carbocycles. The third kappa shape index (κ3) is 4.07. The number of nitrogens with one attached hydrogen (secondary N) is 1. The lowest BCUT2D eigenvalue weighted by molar-refractivity contribution is -0.121. The lowest BCUT2D eigenvalue weighted by Gasteiger charge is -2.30. The third-order valence-corrected chi connectivity index (χ3v) is 6.29. The first-order valence-electron chi connectivity index (χ1n) is 10.3. The average molecular weight is 423 g/mol. The van der Waals surface area contributed by atoms with E-state index in [1.54, 1.807) is 4.90 Å². The highest BCUT2D eigenvalue weighted by Gasteiger charge is 2.31. The first-order valence-corrected chi connectivity index (χ1v) is 11.1. The second kappa shape index (κ2) is 8.52. The number of carbonyl (C=O) groups is 2. The smallest absolute Gasteiger partial charge is 0.244 e. The molecule has 0 fully saturated rings. The summed E-state index contributed by atoms with van der Waals surface area (Å²) in [4.78, 5) is 31.8. The van der Waals surface area contributed by atoms with Crippen LogP contribution in [0.3, 0.4) is 0 Å². The zero-order valence-electron chi connectivity index (χ0n) is 17.5. The van der Waals surface area contributed by atoms with Crippen molar-refractivity contribution in [2.45, 2.75) is 44.1 Å². The van der Waals surface area contributed by atoms with Gasteiger partial charge in [0.05, 0.1) is 27.7 Å². The molecule has 156 valence electrons. The van der Waals surface area contributed by atoms with Crippen molar-refractivity contribution in [3.8, 4) is 0 Å². The number of thioether (sulfide) groups is 1. The molecular weight excluding hydrogens is 396 g/mol. The molecule has 7 heteroatoms. The number of benzene rings is 2. The molecule has 2 heterocycles. The lowest BCUT2D eigenvalue weighted by atomic mass is 10.1. The van der Waals surface area contributed by atoms with Crippen molar-refractivity contribution >= 4 is 46.0 Å². The number of para-hydroxylation sites is 4. The SMILES string of the molecule is CC(C)CCn1c(S[C@H](C)C(=O)N2CC(=O)Nc3ccccc32)nc2ccccc21. The maximum absolute atomic E-state index is 13.3. The minimum Gasteiger partial charge on any atom is -0.323 e. The predicted octanol–water partition coefficient (Wildman–Crippen LogP) is 4.55. The van der Waals surface area contributed by atoms with E-state index in [-0.39, 0.29) is 23.6 Å². The predicted molar refractivity (Wildman–Crippen MR) is 122 cm³/mol. The normalized spacial score (nSPS) is 14.7. The van der Waals surface area contributed by atoms with E-state index in [2.05, 4.69) is 29.8 Å². The van der Waals surface area contributed by atoms with E-state index >= 15 is 0 Å². The number of aromatic nitrogens is 2. The van der Waals surface area contributed by atoms with Crippen LogP contribution in [0.1, 0.15) is 27.2 Å². The lowest BCUT2D eigenvalue weighted by Crippen LogP contribution is -2.45. The summed E-state index contributed by atoms with van der Waals surface area (Å²) in [5.74, 6) is 0.305. The Hall–Kier alpha value is -2.80. The minimum atomic E-state index is -0.376. The average Bonchev–Trinajstić information content (AvgIpc) is 3.07. The standard InChI is InChI=1S/C23H26N4O2S/c1-15(2)12-13-26-19-10-6-5-9-18(19)25-23(26)30-16(3)22(29)27-14-21(28)24-17-8-4-7-11-20(17)27/h4-11,15-16H,12-14H2,1-3H3,(H,24,28)/t16-/m1/s1. The number of fused-ring (bicyclic) bond motifs is 2. The fourth-order valence-electron chi connectivity index (χ4n) is 3.60. The Labute approximate surface area is 180 Å². The molecule has 0 saturated heterocycles. The number of hydrogen-bond donors (Lipinski definition) is 1. The number of imidazole rings is 1. The summed E-state index contributed by atoms with van der Waals surface area (Å²) in [5, 5.41) is 3.30. The molecular formula is C23H26N4O2S. The highest BCUT2D eigenvalue weighted by atomic mass is 32.2. The van der Waals surface area contributed by atoms with Crippen LogP contribution in [0.25, 0.3) is 11.0 Å². The molecule has 3 aromatic rings. The van der Waals surface area contributed by atoms with Crippen molar-refractivity contribution in [1.29, 1.82) is 0 Å². The van der Waals surface area contributed by atoms with E-state index in [1.807, 2.05) is 49.4 Å². The summed E-state index contributed by atoms with van der Waals surface area (Å²) in [6.07, 6.45) is 1.04. The first kappa shape index (κ1) is 20.5. The van der Waals surface area contributed by atoms with Crippen LogP contribution in [0.2, 0.25) is 0 Å². The number of aryl methyl sites for hydroxylation is 1. The molecule has 1 aromatic heterocycles. The number of nitrogens with zero attached hydrogens (tertiary/aromatic N) is 3. The highest BCUT2D eigenvalue weighted by Crippen LogP contribution is 2.33. The van der Waals surface area contributed by atoms with Gasteiger partial charge < -0.3 is 9.88 Å². The molecule has 0 radical (unpaired) electrons. The van der Waals surface area contributed by atoms with Gasteiger partial charge in [-0.25, -0.2) is 4.98 Å². The molecule has 30 heavy (non-hydrogen) atoms. The van der Waals surface area contributed by atoms with E-state index in [9.17, 15) is 9.59 Å². The molecule has 0 saturated carbocycles. The van der Waals surface area contributed by atoms with Crippen LogP contribution in [-0.2, 0) is 16.1 Å². The van der Waals surface area contributed by atoms with Crippen molar-refractivity contribution in [3.05, 3.63) is 48.5 Å². The van der Waals surface area contributed by atoms with Gasteiger partial charge in [-0.1, -0.05) is 49.9 Å². The maximum atomic E-state index is 13.3. The molecule has 4 rings (SSSR count). The van der Waals surface area contributed by atoms with Gasteiger partial charge in [0.15, 0.2) is 5.16 Å². The van der Waals surface area contributed by atoms with Gasteiger partial charge in [0.25, 0.3) is 0 Å². The fraction of sp³-hybridized carbons (Fsp3) is 0.348.